The molecule has 0 saturated carbocycles. The van der Waals surface area contributed by atoms with E-state index >= 15 is 0 Å². The summed E-state index contributed by atoms with van der Waals surface area (Å²) in [6, 6.07) is 0. The predicted octanol–water partition coefficient (Wildman–Crippen LogP) is 0.671. The molecule has 0 unspecified atom stereocenters. The van der Waals surface area contributed by atoms with Gasteiger partial charge in [0.25, 0.3) is 0 Å². The molecular formula is C6H11BO2S. The molecule has 0 aromatic rings. The van der Waals surface area contributed by atoms with Crippen LogP contribution in [0.3, 0.4) is 0 Å². The van der Waals surface area contributed by atoms with E-state index in [9.17, 15) is 5.02 Å². The quantitative estimate of drug-likeness (QED) is 0.433. The van der Waals surface area contributed by atoms with Gasteiger partial charge >= 0.3 is 7.12 Å². The topological polar surface area (TPSA) is 29.5 Å². The van der Waals surface area contributed by atoms with Gasteiger partial charge in [-0.05, 0) is 19.3 Å². The van der Waals surface area contributed by atoms with Crippen molar-refractivity contribution in [1.82, 2.24) is 0 Å². The lowest BCUT2D eigenvalue weighted by Crippen LogP contribution is -2.27. The Morgan fingerprint density at radius 1 is 1.80 bits per heavy atom. The minimum atomic E-state index is -0.743. The summed E-state index contributed by atoms with van der Waals surface area (Å²) in [6.45, 7) is 4.36. The van der Waals surface area contributed by atoms with Crippen LogP contribution in [-0.2, 0) is 4.65 Å². The second kappa shape index (κ2) is 2.60. The molecule has 0 fully saturated rings. The number of thiol groups is 1. The predicted molar refractivity (Wildman–Crippen MR) is 45.1 cm³/mol. The lowest BCUT2D eigenvalue weighted by Gasteiger charge is -2.19. The average molecular weight is 158 g/mol. The van der Waals surface area contributed by atoms with Gasteiger partial charge in [-0.1, -0.05) is 6.08 Å². The third-order valence-corrected chi connectivity index (χ3v) is 1.79. The molecule has 0 spiro atoms. The first-order valence-corrected chi connectivity index (χ1v) is 3.69. The molecular weight excluding hydrogens is 147 g/mol. The second-order valence-electron chi connectivity index (χ2n) is 2.90. The Morgan fingerprint density at radius 2 is 2.40 bits per heavy atom. The zero-order valence-electron chi connectivity index (χ0n) is 6.16. The molecule has 0 aromatic heterocycles. The Hall–Kier alpha value is 0.0749. The maximum Gasteiger partial charge on any atom is 0.488 e. The highest BCUT2D eigenvalue weighted by Gasteiger charge is 2.33. The van der Waals surface area contributed by atoms with Gasteiger partial charge < -0.3 is 9.68 Å². The summed E-state index contributed by atoms with van der Waals surface area (Å²) in [5, 5.41) is 9.19. The molecule has 4 heteroatoms. The fraction of sp³-hybridized carbons (Fsp3) is 0.667. The second-order valence-corrected chi connectivity index (χ2v) is 4.02. The van der Waals surface area contributed by atoms with E-state index in [4.69, 9.17) is 4.65 Å². The summed E-state index contributed by atoms with van der Waals surface area (Å²) >= 11 is 4.30. The van der Waals surface area contributed by atoms with Crippen molar-refractivity contribution >= 4 is 19.7 Å². The van der Waals surface area contributed by atoms with Crippen LogP contribution in [0.15, 0.2) is 11.5 Å². The molecule has 1 aliphatic heterocycles. The van der Waals surface area contributed by atoms with Crippen molar-refractivity contribution in [1.29, 1.82) is 0 Å². The van der Waals surface area contributed by atoms with E-state index in [0.29, 0.717) is 6.61 Å². The van der Waals surface area contributed by atoms with Crippen LogP contribution in [0.2, 0.25) is 0 Å². The van der Waals surface area contributed by atoms with Gasteiger partial charge in [-0.2, -0.15) is 12.6 Å². The van der Waals surface area contributed by atoms with Crippen molar-refractivity contribution in [2.75, 3.05) is 6.61 Å². The van der Waals surface area contributed by atoms with Crippen molar-refractivity contribution in [2.24, 2.45) is 0 Å². The molecule has 1 heterocycles. The van der Waals surface area contributed by atoms with Gasteiger partial charge in [-0.25, -0.2) is 0 Å². The summed E-state index contributed by atoms with van der Waals surface area (Å²) in [4.78, 5) is 0. The highest BCUT2D eigenvalue weighted by atomic mass is 32.1. The Kier molecular flexibility index (Phi) is 2.13. The Balaban J connectivity index is 2.72. The zero-order valence-corrected chi connectivity index (χ0v) is 7.06. The van der Waals surface area contributed by atoms with Crippen LogP contribution in [0.1, 0.15) is 13.8 Å². The van der Waals surface area contributed by atoms with Crippen LogP contribution in [-0.4, -0.2) is 23.5 Å². The summed E-state index contributed by atoms with van der Waals surface area (Å²) in [6.07, 6.45) is 1.87. The van der Waals surface area contributed by atoms with Crippen LogP contribution in [0.25, 0.3) is 0 Å². The summed E-state index contributed by atoms with van der Waals surface area (Å²) < 4.78 is 4.64. The minimum Gasteiger partial charge on any atom is -0.423 e. The molecule has 0 aliphatic carbocycles. The normalized spacial score (nSPS) is 19.6. The lowest BCUT2D eigenvalue weighted by atomic mass is 9.73. The molecule has 1 rings (SSSR count). The van der Waals surface area contributed by atoms with Crippen LogP contribution in [0.5, 0.6) is 0 Å². The summed E-state index contributed by atoms with van der Waals surface area (Å²) in [5.41, 5.74) is 0.857. The fourth-order valence-corrected chi connectivity index (χ4v) is 1.17. The Morgan fingerprint density at radius 3 is 2.60 bits per heavy atom. The smallest absolute Gasteiger partial charge is 0.423 e. The van der Waals surface area contributed by atoms with Gasteiger partial charge in [0.2, 0.25) is 0 Å². The van der Waals surface area contributed by atoms with E-state index in [1.807, 2.05) is 19.9 Å². The van der Waals surface area contributed by atoms with E-state index < -0.39 is 7.12 Å². The van der Waals surface area contributed by atoms with E-state index in [1.54, 1.807) is 0 Å². The molecule has 0 bridgehead atoms. The van der Waals surface area contributed by atoms with Crippen LogP contribution in [0, 0.1) is 0 Å². The molecule has 2 nitrogen and oxygen atoms in total. The third-order valence-electron chi connectivity index (χ3n) is 1.53. The van der Waals surface area contributed by atoms with Gasteiger partial charge in [-0.3, -0.25) is 0 Å². The molecule has 0 aromatic carbocycles. The van der Waals surface area contributed by atoms with Gasteiger partial charge in [0.15, 0.2) is 0 Å². The largest absolute Gasteiger partial charge is 0.488 e. The van der Waals surface area contributed by atoms with Gasteiger partial charge in [-0.15, -0.1) is 0 Å². The number of hydrogen-bond acceptors (Lipinski definition) is 3. The molecule has 1 aliphatic rings. The van der Waals surface area contributed by atoms with E-state index in [1.165, 1.54) is 0 Å². The minimum absolute atomic E-state index is 0.268. The molecule has 0 amide bonds. The SMILES string of the molecule is CC(C)(S)C1=CCOB1O. The van der Waals surface area contributed by atoms with Crippen molar-refractivity contribution in [3.05, 3.63) is 11.5 Å². The standard InChI is InChI=1S/C6H11BO2S/c1-6(2,10)5-3-4-9-7(5)8/h3,8,10H,4H2,1-2H3. The maximum atomic E-state index is 9.19. The monoisotopic (exact) mass is 158 g/mol. The molecule has 56 valence electrons. The lowest BCUT2D eigenvalue weighted by molar-refractivity contribution is 0.313. The third kappa shape index (κ3) is 1.56. The van der Waals surface area contributed by atoms with Gasteiger partial charge in [0.05, 0.1) is 0 Å². The average Bonchev–Trinajstić information content (AvgIpc) is 2.11. The van der Waals surface area contributed by atoms with Crippen molar-refractivity contribution in [3.8, 4) is 0 Å². The molecule has 1 N–H and O–H groups in total. The summed E-state index contributed by atoms with van der Waals surface area (Å²) in [5.74, 6) is 0. The number of hydrogen-bond donors (Lipinski definition) is 2. The van der Waals surface area contributed by atoms with Crippen LogP contribution >= 0.6 is 12.6 Å². The highest BCUT2D eigenvalue weighted by molar-refractivity contribution is 7.82. The van der Waals surface area contributed by atoms with E-state index in [0.717, 1.165) is 5.47 Å². The van der Waals surface area contributed by atoms with Crippen LogP contribution in [0.4, 0.5) is 0 Å². The number of rotatable bonds is 1. The summed E-state index contributed by atoms with van der Waals surface area (Å²) in [7, 11) is -0.743. The van der Waals surface area contributed by atoms with Crippen molar-refractivity contribution < 1.29 is 9.68 Å². The van der Waals surface area contributed by atoms with Gasteiger partial charge in [0, 0.05) is 11.4 Å². The fourth-order valence-electron chi connectivity index (χ4n) is 0.972. The van der Waals surface area contributed by atoms with Crippen molar-refractivity contribution in [2.45, 2.75) is 18.6 Å². The first-order valence-electron chi connectivity index (χ1n) is 3.24. The molecule has 0 saturated heterocycles. The van der Waals surface area contributed by atoms with Gasteiger partial charge in [0.1, 0.15) is 0 Å². The molecule has 10 heavy (non-hydrogen) atoms. The molecule has 0 atom stereocenters. The first-order chi connectivity index (χ1) is 4.52. The van der Waals surface area contributed by atoms with E-state index in [2.05, 4.69) is 12.6 Å². The first kappa shape index (κ1) is 8.17. The van der Waals surface area contributed by atoms with E-state index in [-0.39, 0.29) is 4.75 Å². The Bertz CT molecular complexity index is 162. The highest BCUT2D eigenvalue weighted by Crippen LogP contribution is 2.27. The molecule has 0 radical (unpaired) electrons. The Labute approximate surface area is 66.8 Å². The maximum absolute atomic E-state index is 9.19. The van der Waals surface area contributed by atoms with Crippen LogP contribution < -0.4 is 0 Å². The van der Waals surface area contributed by atoms with Crippen molar-refractivity contribution in [3.63, 3.8) is 0 Å². The zero-order chi connectivity index (χ0) is 7.78.